The second kappa shape index (κ2) is 13.3. The number of carbonyl (C=O) groups excluding carboxylic acids is 1. The standard InChI is InChI=1S/C20H27N3O2.2ClH/c1-23(2)12-3-13-25-19-10-6-17(7-11-19)15-22-20(24)14-16-4-8-18(21)9-5-16;;/h4-11H,3,12-15,21H2,1-2H3,(H,22,24);2*1H. The van der Waals surface area contributed by atoms with Crippen LogP contribution in [-0.2, 0) is 17.8 Å². The Morgan fingerprint density at radius 2 is 1.59 bits per heavy atom. The number of amides is 1. The van der Waals surface area contributed by atoms with Crippen molar-refractivity contribution in [3.05, 3.63) is 59.7 Å². The Morgan fingerprint density at radius 1 is 1.00 bits per heavy atom. The highest BCUT2D eigenvalue weighted by Gasteiger charge is 2.04. The molecule has 5 nitrogen and oxygen atoms in total. The molecular weight excluding hydrogens is 385 g/mol. The molecule has 0 aliphatic heterocycles. The summed E-state index contributed by atoms with van der Waals surface area (Å²) in [5.41, 5.74) is 8.34. The van der Waals surface area contributed by atoms with E-state index in [1.807, 2.05) is 36.4 Å². The number of hydrogen-bond donors (Lipinski definition) is 2. The number of nitrogens with one attached hydrogen (secondary N) is 1. The number of carbonyl (C=O) groups is 1. The Balaban J connectivity index is 0.00000338. The van der Waals surface area contributed by atoms with Crippen molar-refractivity contribution in [2.45, 2.75) is 19.4 Å². The fourth-order valence-electron chi connectivity index (χ4n) is 2.36. The van der Waals surface area contributed by atoms with Crippen LogP contribution in [0.2, 0.25) is 0 Å². The van der Waals surface area contributed by atoms with Gasteiger partial charge >= 0.3 is 0 Å². The topological polar surface area (TPSA) is 67.6 Å². The number of benzene rings is 2. The Bertz CT molecular complexity index is 662. The van der Waals surface area contributed by atoms with Crippen LogP contribution in [0.4, 0.5) is 5.69 Å². The summed E-state index contributed by atoms with van der Waals surface area (Å²) in [4.78, 5) is 14.1. The zero-order chi connectivity index (χ0) is 18.1. The average molecular weight is 414 g/mol. The van der Waals surface area contributed by atoms with Gasteiger partial charge in [-0.05, 0) is 55.9 Å². The smallest absolute Gasteiger partial charge is 0.224 e. The van der Waals surface area contributed by atoms with Crippen molar-refractivity contribution < 1.29 is 9.53 Å². The highest BCUT2D eigenvalue weighted by molar-refractivity contribution is 5.85. The molecule has 0 unspecified atom stereocenters. The number of rotatable bonds is 9. The Hall–Kier alpha value is -1.95. The van der Waals surface area contributed by atoms with Gasteiger partial charge < -0.3 is 20.7 Å². The maximum absolute atomic E-state index is 12.0. The van der Waals surface area contributed by atoms with E-state index in [0.717, 1.165) is 29.8 Å². The van der Waals surface area contributed by atoms with Crippen LogP contribution >= 0.6 is 24.8 Å². The molecule has 0 fully saturated rings. The largest absolute Gasteiger partial charge is 0.494 e. The quantitative estimate of drug-likeness (QED) is 0.488. The maximum Gasteiger partial charge on any atom is 0.224 e. The Morgan fingerprint density at radius 3 is 2.19 bits per heavy atom. The van der Waals surface area contributed by atoms with Gasteiger partial charge in [0.25, 0.3) is 0 Å². The molecule has 7 heteroatoms. The Labute approximate surface area is 174 Å². The third-order valence-corrected chi connectivity index (χ3v) is 3.78. The van der Waals surface area contributed by atoms with E-state index in [0.29, 0.717) is 25.3 Å². The number of nitrogen functional groups attached to an aromatic ring is 1. The lowest BCUT2D eigenvalue weighted by molar-refractivity contribution is -0.120. The molecule has 0 radical (unpaired) electrons. The lowest BCUT2D eigenvalue weighted by atomic mass is 10.1. The number of nitrogens with two attached hydrogens (primary N) is 1. The number of halogens is 2. The zero-order valence-corrected chi connectivity index (χ0v) is 17.4. The normalized spacial score (nSPS) is 9.89. The van der Waals surface area contributed by atoms with Crippen LogP contribution in [0, 0.1) is 0 Å². The van der Waals surface area contributed by atoms with Crippen LogP contribution in [0.5, 0.6) is 5.75 Å². The molecule has 2 aromatic rings. The van der Waals surface area contributed by atoms with E-state index >= 15 is 0 Å². The fraction of sp³-hybridized carbons (Fsp3) is 0.350. The summed E-state index contributed by atoms with van der Waals surface area (Å²) in [6.07, 6.45) is 1.35. The second-order valence-electron chi connectivity index (χ2n) is 6.34. The molecule has 0 aliphatic rings. The molecule has 0 saturated heterocycles. The summed E-state index contributed by atoms with van der Waals surface area (Å²) >= 11 is 0. The van der Waals surface area contributed by atoms with Crippen molar-refractivity contribution in [1.29, 1.82) is 0 Å². The van der Waals surface area contributed by atoms with Gasteiger partial charge in [0, 0.05) is 18.8 Å². The molecule has 0 bridgehead atoms. The van der Waals surface area contributed by atoms with Crippen molar-refractivity contribution in [1.82, 2.24) is 10.2 Å². The van der Waals surface area contributed by atoms with Crippen molar-refractivity contribution in [3.63, 3.8) is 0 Å². The van der Waals surface area contributed by atoms with E-state index in [1.54, 1.807) is 12.1 Å². The lowest BCUT2D eigenvalue weighted by Gasteiger charge is -2.11. The molecule has 2 rings (SSSR count). The number of anilines is 1. The van der Waals surface area contributed by atoms with Crippen LogP contribution < -0.4 is 15.8 Å². The van der Waals surface area contributed by atoms with Gasteiger partial charge in [0.05, 0.1) is 13.0 Å². The van der Waals surface area contributed by atoms with Crippen molar-refractivity contribution in [2.75, 3.05) is 33.0 Å². The van der Waals surface area contributed by atoms with Gasteiger partial charge in [0.15, 0.2) is 0 Å². The van der Waals surface area contributed by atoms with Gasteiger partial charge in [0.1, 0.15) is 5.75 Å². The van der Waals surface area contributed by atoms with Crippen LogP contribution in [0.15, 0.2) is 48.5 Å². The molecule has 0 aliphatic carbocycles. The number of nitrogens with zero attached hydrogens (tertiary/aromatic N) is 1. The molecular formula is C20H29Cl2N3O2. The summed E-state index contributed by atoms with van der Waals surface area (Å²) in [6, 6.07) is 15.2. The fourth-order valence-corrected chi connectivity index (χ4v) is 2.36. The third kappa shape index (κ3) is 10.1. The summed E-state index contributed by atoms with van der Waals surface area (Å²) in [7, 11) is 4.10. The van der Waals surface area contributed by atoms with E-state index in [4.69, 9.17) is 10.5 Å². The summed E-state index contributed by atoms with van der Waals surface area (Å²) in [5, 5.41) is 2.93. The van der Waals surface area contributed by atoms with Gasteiger partial charge in [0.2, 0.25) is 5.91 Å². The molecule has 0 aromatic heterocycles. The lowest BCUT2D eigenvalue weighted by Crippen LogP contribution is -2.24. The highest BCUT2D eigenvalue weighted by Crippen LogP contribution is 2.12. The molecule has 0 spiro atoms. The van der Waals surface area contributed by atoms with Gasteiger partial charge in [-0.3, -0.25) is 4.79 Å². The molecule has 150 valence electrons. The van der Waals surface area contributed by atoms with E-state index in [9.17, 15) is 4.79 Å². The minimum Gasteiger partial charge on any atom is -0.494 e. The van der Waals surface area contributed by atoms with Gasteiger partial charge in [-0.1, -0.05) is 24.3 Å². The summed E-state index contributed by atoms with van der Waals surface area (Å²) < 4.78 is 5.70. The third-order valence-electron chi connectivity index (χ3n) is 3.78. The predicted molar refractivity (Wildman–Crippen MR) is 116 cm³/mol. The van der Waals surface area contributed by atoms with Crippen LogP contribution in [0.1, 0.15) is 17.5 Å². The van der Waals surface area contributed by atoms with Gasteiger partial charge in [-0.15, -0.1) is 24.8 Å². The molecule has 2 aromatic carbocycles. The molecule has 0 saturated carbocycles. The first-order chi connectivity index (χ1) is 12.0. The van der Waals surface area contributed by atoms with Crippen LogP contribution in [-0.4, -0.2) is 38.1 Å². The number of ether oxygens (including phenoxy) is 1. The van der Waals surface area contributed by atoms with Crippen molar-refractivity contribution in [2.24, 2.45) is 0 Å². The molecule has 1 amide bonds. The van der Waals surface area contributed by atoms with E-state index in [1.165, 1.54) is 0 Å². The summed E-state index contributed by atoms with van der Waals surface area (Å²) in [6.45, 7) is 2.22. The Kier molecular flexibility index (Phi) is 12.3. The van der Waals surface area contributed by atoms with Gasteiger partial charge in [-0.25, -0.2) is 0 Å². The number of hydrogen-bond acceptors (Lipinski definition) is 4. The van der Waals surface area contributed by atoms with Gasteiger partial charge in [-0.2, -0.15) is 0 Å². The first-order valence-electron chi connectivity index (χ1n) is 8.50. The highest BCUT2D eigenvalue weighted by atomic mass is 35.5. The second-order valence-corrected chi connectivity index (χ2v) is 6.34. The molecule has 3 N–H and O–H groups in total. The summed E-state index contributed by atoms with van der Waals surface area (Å²) in [5.74, 6) is 0.851. The molecule has 0 heterocycles. The first-order valence-corrected chi connectivity index (χ1v) is 8.50. The van der Waals surface area contributed by atoms with Crippen molar-refractivity contribution >= 4 is 36.4 Å². The van der Waals surface area contributed by atoms with E-state index < -0.39 is 0 Å². The minimum atomic E-state index is -0.00576. The SMILES string of the molecule is CN(C)CCCOc1ccc(CNC(=O)Cc2ccc(N)cc2)cc1.Cl.Cl. The van der Waals surface area contributed by atoms with Crippen LogP contribution in [0.25, 0.3) is 0 Å². The van der Waals surface area contributed by atoms with E-state index in [2.05, 4.69) is 24.3 Å². The van der Waals surface area contributed by atoms with Crippen molar-refractivity contribution in [3.8, 4) is 5.75 Å². The monoisotopic (exact) mass is 413 g/mol. The first kappa shape index (κ1) is 25.1. The zero-order valence-electron chi connectivity index (χ0n) is 15.8. The predicted octanol–water partition coefficient (Wildman–Crippen LogP) is 3.30. The molecule has 27 heavy (non-hydrogen) atoms. The maximum atomic E-state index is 12.0. The molecule has 0 atom stereocenters. The van der Waals surface area contributed by atoms with E-state index in [-0.39, 0.29) is 30.7 Å². The minimum absolute atomic E-state index is 0. The van der Waals surface area contributed by atoms with Crippen LogP contribution in [0.3, 0.4) is 0 Å². The average Bonchev–Trinajstić information content (AvgIpc) is 2.60.